The van der Waals surface area contributed by atoms with Crippen LogP contribution in [0.2, 0.25) is 0 Å². The van der Waals surface area contributed by atoms with E-state index >= 15 is 0 Å². The van der Waals surface area contributed by atoms with Crippen molar-refractivity contribution in [2.45, 2.75) is 13.0 Å². The first kappa shape index (κ1) is 18.3. The summed E-state index contributed by atoms with van der Waals surface area (Å²) < 4.78 is 12.7. The summed E-state index contributed by atoms with van der Waals surface area (Å²) in [6, 6.07) is 17.6. The van der Waals surface area contributed by atoms with Gasteiger partial charge < -0.3 is 14.8 Å². The van der Waals surface area contributed by atoms with Crippen molar-refractivity contribution in [3.63, 3.8) is 0 Å². The molecule has 1 N–H and O–H groups in total. The number of thiophene rings is 1. The molecule has 0 amide bonds. The molecule has 1 aliphatic rings. The molecule has 1 saturated heterocycles. The van der Waals surface area contributed by atoms with Crippen molar-refractivity contribution in [1.29, 1.82) is 0 Å². The van der Waals surface area contributed by atoms with Gasteiger partial charge in [0.05, 0.1) is 19.8 Å². The first-order chi connectivity index (χ1) is 13.3. The van der Waals surface area contributed by atoms with Crippen molar-refractivity contribution in [3.05, 3.63) is 59.0 Å². The van der Waals surface area contributed by atoms with Crippen molar-refractivity contribution >= 4 is 21.4 Å². The molecule has 1 aliphatic heterocycles. The van der Waals surface area contributed by atoms with Crippen LogP contribution in [0.1, 0.15) is 23.4 Å². The second-order valence-corrected chi connectivity index (χ2v) is 7.83. The molecule has 4 nitrogen and oxygen atoms in total. The summed E-state index contributed by atoms with van der Waals surface area (Å²) in [5, 5.41) is 4.78. The molecule has 1 atom stereocenters. The number of nitrogens with zero attached hydrogens (tertiary/aromatic N) is 1. The lowest BCUT2D eigenvalue weighted by atomic mass is 10.0. The Labute approximate surface area is 164 Å². The van der Waals surface area contributed by atoms with Gasteiger partial charge in [-0.15, -0.1) is 11.3 Å². The Morgan fingerprint density at radius 2 is 1.89 bits per heavy atom. The van der Waals surface area contributed by atoms with E-state index in [9.17, 15) is 0 Å². The molecule has 0 aliphatic carbocycles. The van der Waals surface area contributed by atoms with Gasteiger partial charge in [-0.2, -0.15) is 0 Å². The van der Waals surface area contributed by atoms with Crippen molar-refractivity contribution < 1.29 is 9.47 Å². The highest BCUT2D eigenvalue weighted by Crippen LogP contribution is 2.39. The van der Waals surface area contributed by atoms with Crippen molar-refractivity contribution in [3.8, 4) is 11.5 Å². The van der Waals surface area contributed by atoms with E-state index in [1.165, 1.54) is 20.5 Å². The maximum absolute atomic E-state index is 5.72. The standard InChI is InChI=1S/C22H26N2O2S/c1-3-26-18-9-8-17(14-19(18)25-2)22(24-12-10-23-11-13-24)21-15-16-6-4-5-7-20(16)27-21/h4-9,14-15,22-23H,3,10-13H2,1-2H3. The third-order valence-electron chi connectivity index (χ3n) is 5.03. The zero-order valence-electron chi connectivity index (χ0n) is 15.9. The molecule has 142 valence electrons. The van der Waals surface area contributed by atoms with Gasteiger partial charge in [-0.1, -0.05) is 24.3 Å². The van der Waals surface area contributed by atoms with Crippen LogP contribution in [0.25, 0.3) is 10.1 Å². The zero-order valence-corrected chi connectivity index (χ0v) is 16.7. The topological polar surface area (TPSA) is 33.7 Å². The summed E-state index contributed by atoms with van der Waals surface area (Å²) in [5.41, 5.74) is 1.25. The molecule has 0 radical (unpaired) electrons. The van der Waals surface area contributed by atoms with Gasteiger partial charge in [0.1, 0.15) is 0 Å². The maximum Gasteiger partial charge on any atom is 0.161 e. The molecule has 4 rings (SSSR count). The van der Waals surface area contributed by atoms with Gasteiger partial charge >= 0.3 is 0 Å². The monoisotopic (exact) mass is 382 g/mol. The van der Waals surface area contributed by atoms with Crippen LogP contribution in [0.4, 0.5) is 0 Å². The van der Waals surface area contributed by atoms with E-state index in [0.29, 0.717) is 6.61 Å². The molecule has 27 heavy (non-hydrogen) atoms. The van der Waals surface area contributed by atoms with Crippen molar-refractivity contribution in [2.75, 3.05) is 39.9 Å². The largest absolute Gasteiger partial charge is 0.493 e. The van der Waals surface area contributed by atoms with E-state index in [2.05, 4.69) is 52.7 Å². The molecule has 5 heteroatoms. The second-order valence-electron chi connectivity index (χ2n) is 6.72. The molecular weight excluding hydrogens is 356 g/mol. The molecule has 2 aromatic carbocycles. The lowest BCUT2D eigenvalue weighted by Gasteiger charge is -2.35. The molecule has 1 unspecified atom stereocenters. The predicted molar refractivity (Wildman–Crippen MR) is 112 cm³/mol. The van der Waals surface area contributed by atoms with Crippen LogP contribution in [0.3, 0.4) is 0 Å². The maximum atomic E-state index is 5.72. The van der Waals surface area contributed by atoms with Crippen LogP contribution in [0, 0.1) is 0 Å². The van der Waals surface area contributed by atoms with Gasteiger partial charge in [0, 0.05) is 35.8 Å². The Balaban J connectivity index is 1.77. The summed E-state index contributed by atoms with van der Waals surface area (Å²) in [7, 11) is 1.71. The predicted octanol–water partition coefficient (Wildman–Crippen LogP) is 4.30. The minimum absolute atomic E-state index is 0.231. The third-order valence-corrected chi connectivity index (χ3v) is 6.20. The van der Waals surface area contributed by atoms with Gasteiger partial charge in [0.25, 0.3) is 0 Å². The normalized spacial score (nSPS) is 16.4. The second kappa shape index (κ2) is 8.30. The van der Waals surface area contributed by atoms with Gasteiger partial charge in [0.2, 0.25) is 0 Å². The average Bonchev–Trinajstić information content (AvgIpc) is 3.13. The highest BCUT2D eigenvalue weighted by Gasteiger charge is 2.26. The summed E-state index contributed by atoms with van der Waals surface area (Å²) >= 11 is 1.89. The van der Waals surface area contributed by atoms with Crippen molar-refractivity contribution in [1.82, 2.24) is 10.2 Å². The average molecular weight is 383 g/mol. The number of benzene rings is 2. The molecule has 0 saturated carbocycles. The van der Waals surface area contributed by atoms with E-state index < -0.39 is 0 Å². The summed E-state index contributed by atoms with van der Waals surface area (Å²) in [6.07, 6.45) is 0. The summed E-state index contributed by atoms with van der Waals surface area (Å²) in [6.45, 7) is 6.75. The highest BCUT2D eigenvalue weighted by molar-refractivity contribution is 7.19. The Hall–Kier alpha value is -2.08. The Kier molecular flexibility index (Phi) is 5.62. The lowest BCUT2D eigenvalue weighted by molar-refractivity contribution is 0.200. The van der Waals surface area contributed by atoms with E-state index in [-0.39, 0.29) is 6.04 Å². The number of piperazine rings is 1. The summed E-state index contributed by atoms with van der Waals surface area (Å²) in [5.74, 6) is 1.61. The van der Waals surface area contributed by atoms with Crippen LogP contribution in [-0.4, -0.2) is 44.8 Å². The van der Waals surface area contributed by atoms with Crippen LogP contribution >= 0.6 is 11.3 Å². The Morgan fingerprint density at radius 1 is 1.07 bits per heavy atom. The number of hydrogen-bond acceptors (Lipinski definition) is 5. The van der Waals surface area contributed by atoms with Gasteiger partial charge in [-0.05, 0) is 42.1 Å². The van der Waals surface area contributed by atoms with Gasteiger partial charge in [-0.3, -0.25) is 4.90 Å². The van der Waals surface area contributed by atoms with E-state index in [4.69, 9.17) is 9.47 Å². The highest BCUT2D eigenvalue weighted by atomic mass is 32.1. The molecule has 0 bridgehead atoms. The van der Waals surface area contributed by atoms with Gasteiger partial charge in [0.15, 0.2) is 11.5 Å². The number of methoxy groups -OCH3 is 1. The van der Waals surface area contributed by atoms with E-state index in [1.807, 2.05) is 24.3 Å². The minimum Gasteiger partial charge on any atom is -0.493 e. The fourth-order valence-electron chi connectivity index (χ4n) is 3.76. The van der Waals surface area contributed by atoms with Crippen LogP contribution < -0.4 is 14.8 Å². The Morgan fingerprint density at radius 3 is 2.63 bits per heavy atom. The van der Waals surface area contributed by atoms with Crippen LogP contribution in [-0.2, 0) is 0 Å². The zero-order chi connectivity index (χ0) is 18.6. The molecule has 3 aromatic rings. The fourth-order valence-corrected chi connectivity index (χ4v) is 4.99. The first-order valence-corrected chi connectivity index (χ1v) is 10.4. The van der Waals surface area contributed by atoms with Crippen molar-refractivity contribution in [2.24, 2.45) is 0 Å². The number of hydrogen-bond donors (Lipinski definition) is 1. The first-order valence-electron chi connectivity index (χ1n) is 9.54. The molecule has 2 heterocycles. The number of rotatable bonds is 6. The lowest BCUT2D eigenvalue weighted by Crippen LogP contribution is -2.45. The molecule has 0 spiro atoms. The number of nitrogens with one attached hydrogen (secondary N) is 1. The quantitative estimate of drug-likeness (QED) is 0.689. The van der Waals surface area contributed by atoms with E-state index in [1.54, 1.807) is 7.11 Å². The third kappa shape index (κ3) is 3.81. The smallest absolute Gasteiger partial charge is 0.161 e. The number of fused-ring (bicyclic) bond motifs is 1. The summed E-state index contributed by atoms with van der Waals surface area (Å²) in [4.78, 5) is 3.94. The Bertz CT molecular complexity index is 869. The van der Waals surface area contributed by atoms with Crippen LogP contribution in [0.15, 0.2) is 48.5 Å². The number of ether oxygens (including phenoxy) is 2. The van der Waals surface area contributed by atoms with Gasteiger partial charge in [-0.25, -0.2) is 0 Å². The fraction of sp³-hybridized carbons (Fsp3) is 0.364. The molecule has 1 fully saturated rings. The molecule has 1 aromatic heterocycles. The van der Waals surface area contributed by atoms with E-state index in [0.717, 1.165) is 37.7 Å². The molecular formula is C22H26N2O2S. The van der Waals surface area contributed by atoms with Crippen LogP contribution in [0.5, 0.6) is 11.5 Å². The minimum atomic E-state index is 0.231. The SMILES string of the molecule is CCOc1ccc(C(c2cc3ccccc3s2)N2CCNCC2)cc1OC.